The van der Waals surface area contributed by atoms with Gasteiger partial charge in [-0.1, -0.05) is 6.07 Å². The van der Waals surface area contributed by atoms with Crippen molar-refractivity contribution in [3.05, 3.63) is 59.2 Å². The van der Waals surface area contributed by atoms with Gasteiger partial charge in [-0.2, -0.15) is 26.3 Å². The van der Waals surface area contributed by atoms with Crippen LogP contribution in [0.1, 0.15) is 55.3 Å². The summed E-state index contributed by atoms with van der Waals surface area (Å²) in [5.41, 5.74) is -8.46. The maximum Gasteiger partial charge on any atom is 0.437 e. The van der Waals surface area contributed by atoms with Gasteiger partial charge in [-0.15, -0.1) is 0 Å². The number of alkyl halides is 7. The number of aromatic nitrogens is 1. The smallest absolute Gasteiger partial charge is 0.437 e. The molecule has 0 bridgehead atoms. The number of benzene rings is 1. The average molecular weight is 655 g/mol. The Morgan fingerprint density at radius 1 is 0.932 bits per heavy atom. The predicted molar refractivity (Wildman–Crippen MR) is 136 cm³/mol. The van der Waals surface area contributed by atoms with E-state index in [-0.39, 0.29) is 68.7 Å². The standard InChI is InChI=1S/C28H26F8N2O5S/c29-18-2-1-3-19(13-18)44(42,43)25-10-11-38(23(39)15-4-6-16(7-5-15)24(40)41)22(25)9-8-17-12-21(37-14-20(17)25)26(30,27(31,32)33)28(34,35)36/h1-3,12-16,22H,4-11H2,(H,40,41)/t15-,16-,22?,25?. The highest BCUT2D eigenvalue weighted by Gasteiger charge is 2.75. The van der Waals surface area contributed by atoms with Crippen molar-refractivity contribution >= 4 is 21.7 Å². The molecule has 2 aliphatic carbocycles. The number of amides is 1. The van der Waals surface area contributed by atoms with Crippen LogP contribution in [0.4, 0.5) is 35.1 Å². The zero-order valence-corrected chi connectivity index (χ0v) is 23.6. The first-order valence-corrected chi connectivity index (χ1v) is 15.2. The van der Waals surface area contributed by atoms with Crippen LogP contribution in [0.25, 0.3) is 0 Å². The molecule has 1 aliphatic heterocycles. The molecule has 3 aliphatic rings. The Balaban J connectivity index is 1.63. The lowest BCUT2D eigenvalue weighted by Gasteiger charge is -2.43. The first-order chi connectivity index (χ1) is 20.4. The minimum atomic E-state index is -6.44. The summed E-state index contributed by atoms with van der Waals surface area (Å²) in [6, 6.07) is 2.99. The summed E-state index contributed by atoms with van der Waals surface area (Å²) in [6.45, 7) is -0.170. The number of sulfone groups is 1. The van der Waals surface area contributed by atoms with E-state index in [1.807, 2.05) is 0 Å². The normalized spacial score (nSPS) is 26.2. The molecule has 5 rings (SSSR count). The number of hydrogen-bond donors (Lipinski definition) is 1. The third-order valence-electron chi connectivity index (χ3n) is 9.20. The fraction of sp³-hybridized carbons (Fsp3) is 0.536. The van der Waals surface area contributed by atoms with E-state index in [2.05, 4.69) is 4.98 Å². The Kier molecular flexibility index (Phi) is 7.77. The molecule has 1 saturated carbocycles. The summed E-state index contributed by atoms with van der Waals surface area (Å²) in [4.78, 5) is 29.1. The first kappa shape index (κ1) is 32.1. The number of hydrogen-bond acceptors (Lipinski definition) is 5. The maximum absolute atomic E-state index is 14.9. The highest BCUT2D eigenvalue weighted by atomic mass is 32.2. The summed E-state index contributed by atoms with van der Waals surface area (Å²) in [6.07, 6.45) is -12.4. The maximum atomic E-state index is 14.9. The number of carbonyl (C=O) groups is 2. The van der Waals surface area contributed by atoms with Crippen molar-refractivity contribution in [3.8, 4) is 0 Å². The van der Waals surface area contributed by atoms with Crippen molar-refractivity contribution in [2.75, 3.05) is 6.54 Å². The molecule has 2 fully saturated rings. The minimum absolute atomic E-state index is 0.170. The van der Waals surface area contributed by atoms with E-state index in [1.54, 1.807) is 0 Å². The first-order valence-electron chi connectivity index (χ1n) is 13.7. The molecule has 240 valence electrons. The molecule has 1 saturated heterocycles. The van der Waals surface area contributed by atoms with E-state index in [4.69, 9.17) is 0 Å². The zero-order chi connectivity index (χ0) is 32.5. The van der Waals surface area contributed by atoms with Gasteiger partial charge in [0.05, 0.1) is 22.5 Å². The molecule has 7 nitrogen and oxygen atoms in total. The van der Waals surface area contributed by atoms with E-state index in [1.165, 1.54) is 4.90 Å². The molecule has 2 atom stereocenters. The van der Waals surface area contributed by atoms with Crippen LogP contribution in [0.3, 0.4) is 0 Å². The van der Waals surface area contributed by atoms with E-state index >= 15 is 0 Å². The molecular weight excluding hydrogens is 628 g/mol. The molecule has 2 aromatic rings. The van der Waals surface area contributed by atoms with Crippen LogP contribution in [-0.2, 0) is 36.3 Å². The number of carboxylic acids is 1. The van der Waals surface area contributed by atoms with E-state index in [0.29, 0.717) is 6.20 Å². The summed E-state index contributed by atoms with van der Waals surface area (Å²) in [5, 5.41) is 9.29. The van der Waals surface area contributed by atoms with Crippen LogP contribution in [-0.4, -0.2) is 60.2 Å². The lowest BCUT2D eigenvalue weighted by molar-refractivity contribution is -0.350. The number of aryl methyl sites for hydroxylation is 1. The number of carboxylic acid groups (broad SMARTS) is 1. The van der Waals surface area contributed by atoms with Gasteiger partial charge in [-0.3, -0.25) is 14.6 Å². The highest BCUT2D eigenvalue weighted by Crippen LogP contribution is 2.56. The number of fused-ring (bicyclic) bond motifs is 3. The summed E-state index contributed by atoms with van der Waals surface area (Å²) >= 11 is 0. The lowest BCUT2D eigenvalue weighted by atomic mass is 9.78. The van der Waals surface area contributed by atoms with Gasteiger partial charge >= 0.3 is 24.0 Å². The van der Waals surface area contributed by atoms with Crippen LogP contribution >= 0.6 is 0 Å². The summed E-state index contributed by atoms with van der Waals surface area (Å²) in [5.74, 6) is -3.66. The second-order valence-electron chi connectivity index (χ2n) is 11.5. The molecular formula is C28H26F8N2O5S. The fourth-order valence-electron chi connectivity index (χ4n) is 6.97. The number of likely N-dealkylation sites (tertiary alicyclic amines) is 1. The summed E-state index contributed by atoms with van der Waals surface area (Å²) < 4.78 is 137. The molecule has 1 aromatic heterocycles. The quantitative estimate of drug-likeness (QED) is 0.420. The Morgan fingerprint density at radius 2 is 1.55 bits per heavy atom. The Morgan fingerprint density at radius 3 is 2.11 bits per heavy atom. The fourth-order valence-corrected chi connectivity index (χ4v) is 9.35. The second-order valence-corrected chi connectivity index (χ2v) is 13.7. The van der Waals surface area contributed by atoms with Gasteiger partial charge in [0.15, 0.2) is 9.84 Å². The van der Waals surface area contributed by atoms with Gasteiger partial charge in [0.25, 0.3) is 0 Å². The van der Waals surface area contributed by atoms with Gasteiger partial charge in [-0.05, 0) is 80.3 Å². The van der Waals surface area contributed by atoms with Crippen molar-refractivity contribution in [1.82, 2.24) is 9.88 Å². The molecule has 0 spiro atoms. The molecule has 1 amide bonds. The number of carbonyl (C=O) groups excluding carboxylic acids is 1. The number of aliphatic carboxylic acids is 1. The van der Waals surface area contributed by atoms with Gasteiger partial charge in [-0.25, -0.2) is 17.2 Å². The molecule has 2 unspecified atom stereocenters. The molecule has 0 radical (unpaired) electrons. The van der Waals surface area contributed by atoms with Crippen LogP contribution < -0.4 is 0 Å². The Bertz CT molecular complexity index is 1570. The van der Waals surface area contributed by atoms with Crippen molar-refractivity contribution < 1.29 is 58.2 Å². The molecule has 44 heavy (non-hydrogen) atoms. The van der Waals surface area contributed by atoms with E-state index in [9.17, 15) is 58.2 Å². The van der Waals surface area contributed by atoms with Crippen LogP contribution in [0.2, 0.25) is 0 Å². The van der Waals surface area contributed by atoms with Gasteiger partial charge in [0.1, 0.15) is 10.6 Å². The van der Waals surface area contributed by atoms with Crippen molar-refractivity contribution in [2.24, 2.45) is 11.8 Å². The number of rotatable bonds is 5. The number of nitrogens with zero attached hydrogens (tertiary/aromatic N) is 2. The van der Waals surface area contributed by atoms with Crippen LogP contribution in [0, 0.1) is 17.7 Å². The number of halogens is 8. The third kappa shape index (κ3) is 4.74. The average Bonchev–Trinajstić information content (AvgIpc) is 3.36. The lowest BCUT2D eigenvalue weighted by Crippen LogP contribution is -2.54. The van der Waals surface area contributed by atoms with Crippen molar-refractivity contribution in [2.45, 2.75) is 78.7 Å². The minimum Gasteiger partial charge on any atom is -0.481 e. The monoisotopic (exact) mass is 654 g/mol. The van der Waals surface area contributed by atoms with Gasteiger partial charge in [0.2, 0.25) is 5.91 Å². The highest BCUT2D eigenvalue weighted by molar-refractivity contribution is 7.92. The van der Waals surface area contributed by atoms with E-state index < -0.39 is 78.8 Å². The topological polar surface area (TPSA) is 105 Å². The van der Waals surface area contributed by atoms with E-state index in [0.717, 1.165) is 24.3 Å². The SMILES string of the molecule is O=C(O)[C@H]1CC[C@H](C(=O)N2CCC3(S(=O)(=O)c4cccc(F)c4)c4cnc(C(F)(C(F)(F)F)C(F)(F)F)cc4CCC23)CC1. The van der Waals surface area contributed by atoms with Crippen LogP contribution in [0.15, 0.2) is 41.4 Å². The third-order valence-corrected chi connectivity index (χ3v) is 11.7. The Labute approximate surface area is 246 Å². The molecule has 16 heteroatoms. The largest absolute Gasteiger partial charge is 0.481 e. The molecule has 2 heterocycles. The van der Waals surface area contributed by atoms with Crippen LogP contribution in [0.5, 0.6) is 0 Å². The summed E-state index contributed by atoms with van der Waals surface area (Å²) in [7, 11) is -4.71. The molecule has 1 N–H and O–H groups in total. The number of pyridine rings is 1. The van der Waals surface area contributed by atoms with Crippen molar-refractivity contribution in [1.29, 1.82) is 0 Å². The zero-order valence-electron chi connectivity index (χ0n) is 22.8. The Hall–Kier alpha value is -3.30. The van der Waals surface area contributed by atoms with Crippen molar-refractivity contribution in [3.63, 3.8) is 0 Å². The predicted octanol–water partition coefficient (Wildman–Crippen LogP) is 5.62. The van der Waals surface area contributed by atoms with Gasteiger partial charge in [0, 0.05) is 18.7 Å². The second kappa shape index (κ2) is 10.7. The van der Waals surface area contributed by atoms with Gasteiger partial charge < -0.3 is 10.0 Å². The molecule has 1 aromatic carbocycles.